The van der Waals surface area contributed by atoms with Crippen LogP contribution in [0.5, 0.6) is 0 Å². The fourth-order valence-corrected chi connectivity index (χ4v) is 3.06. The van der Waals surface area contributed by atoms with Crippen molar-refractivity contribution in [2.75, 3.05) is 18.1 Å². The number of nitrogens with zero attached hydrogens (tertiary/aromatic N) is 4. The van der Waals surface area contributed by atoms with Gasteiger partial charge >= 0.3 is 5.82 Å². The topological polar surface area (TPSA) is 83.9 Å². The molecule has 7 heteroatoms. The lowest BCUT2D eigenvalue weighted by Crippen LogP contribution is -2.40. The second-order valence-corrected chi connectivity index (χ2v) is 5.30. The van der Waals surface area contributed by atoms with Gasteiger partial charge in [0.2, 0.25) is 11.5 Å². The van der Waals surface area contributed by atoms with Crippen LogP contribution in [0.4, 0.5) is 11.6 Å². The van der Waals surface area contributed by atoms with E-state index in [4.69, 9.17) is 0 Å². The largest absolute Gasteiger partial charge is 0.396 e. The zero-order valence-electron chi connectivity index (χ0n) is 11.7. The summed E-state index contributed by atoms with van der Waals surface area (Å²) in [5.74, 6) is 0.430. The number of fused-ring (bicyclic) bond motifs is 1. The van der Waals surface area contributed by atoms with E-state index >= 15 is 0 Å². The van der Waals surface area contributed by atoms with Crippen molar-refractivity contribution >= 4 is 17.3 Å². The van der Waals surface area contributed by atoms with E-state index < -0.39 is 0 Å². The van der Waals surface area contributed by atoms with E-state index in [1.54, 1.807) is 18.3 Å². The van der Waals surface area contributed by atoms with Crippen LogP contribution in [0.15, 0.2) is 24.4 Å². The van der Waals surface area contributed by atoms with Gasteiger partial charge in [-0.05, 0) is 36.7 Å². The predicted molar refractivity (Wildman–Crippen MR) is 78.5 cm³/mol. The molecule has 0 radical (unpaired) electrons. The maximum atomic E-state index is 11.5. The van der Waals surface area contributed by atoms with Crippen molar-refractivity contribution in [1.29, 1.82) is 0 Å². The van der Waals surface area contributed by atoms with Gasteiger partial charge in [-0.25, -0.2) is 0 Å². The minimum Gasteiger partial charge on any atom is -0.396 e. The van der Waals surface area contributed by atoms with Gasteiger partial charge < -0.3 is 20.1 Å². The second kappa shape index (κ2) is 5.69. The van der Waals surface area contributed by atoms with Crippen LogP contribution in [-0.4, -0.2) is 38.6 Å². The molecule has 2 aromatic rings. The minimum atomic E-state index is -0.375. The van der Waals surface area contributed by atoms with E-state index in [2.05, 4.69) is 4.98 Å². The summed E-state index contributed by atoms with van der Waals surface area (Å²) in [6.07, 6.45) is 5.29. The normalized spacial score (nSPS) is 19.1. The molecule has 0 bridgehead atoms. The molecule has 1 N–H and O–H groups in total. The molecule has 3 heterocycles. The van der Waals surface area contributed by atoms with Crippen LogP contribution in [0.2, 0.25) is 0 Å². The number of anilines is 1. The molecule has 0 amide bonds. The van der Waals surface area contributed by atoms with Gasteiger partial charge in [0.1, 0.15) is 0 Å². The summed E-state index contributed by atoms with van der Waals surface area (Å²) in [6.45, 7) is 0.831. The SMILES string of the molecule is O=[N+]([O-])c1c(N2CCCCC2CCO)nc2ccccn12. The Morgan fingerprint density at radius 2 is 2.29 bits per heavy atom. The number of imidazole rings is 1. The summed E-state index contributed by atoms with van der Waals surface area (Å²) in [4.78, 5) is 17.5. The van der Waals surface area contributed by atoms with Crippen LogP contribution in [0.3, 0.4) is 0 Å². The maximum absolute atomic E-state index is 11.5. The molecule has 2 aromatic heterocycles. The van der Waals surface area contributed by atoms with Gasteiger partial charge in [0.05, 0.1) is 6.20 Å². The van der Waals surface area contributed by atoms with Crippen LogP contribution in [0.1, 0.15) is 25.7 Å². The van der Waals surface area contributed by atoms with Gasteiger partial charge in [-0.2, -0.15) is 9.38 Å². The highest BCUT2D eigenvalue weighted by atomic mass is 16.6. The third-order valence-corrected chi connectivity index (χ3v) is 4.02. The Kier molecular flexibility index (Phi) is 3.74. The molecule has 1 saturated heterocycles. The molecule has 21 heavy (non-hydrogen) atoms. The van der Waals surface area contributed by atoms with Crippen molar-refractivity contribution < 1.29 is 10.0 Å². The first-order valence-electron chi connectivity index (χ1n) is 7.21. The fraction of sp³-hybridized carbons (Fsp3) is 0.500. The van der Waals surface area contributed by atoms with Crippen LogP contribution in [0, 0.1) is 10.1 Å². The Labute approximate surface area is 122 Å². The third-order valence-electron chi connectivity index (χ3n) is 4.02. The van der Waals surface area contributed by atoms with Crippen LogP contribution in [0.25, 0.3) is 5.65 Å². The lowest BCUT2D eigenvalue weighted by atomic mass is 10.00. The van der Waals surface area contributed by atoms with Crippen molar-refractivity contribution in [2.24, 2.45) is 0 Å². The Morgan fingerprint density at radius 3 is 3.05 bits per heavy atom. The Bertz CT molecular complexity index is 653. The Balaban J connectivity index is 2.09. The lowest BCUT2D eigenvalue weighted by molar-refractivity contribution is -0.389. The first-order valence-corrected chi connectivity index (χ1v) is 7.21. The molecule has 0 aromatic carbocycles. The molecule has 0 aliphatic carbocycles. The molecular formula is C14H18N4O3. The van der Waals surface area contributed by atoms with Crippen molar-refractivity contribution in [3.8, 4) is 0 Å². The summed E-state index contributed by atoms with van der Waals surface area (Å²) in [5, 5.41) is 20.7. The number of nitro groups is 1. The Hall–Kier alpha value is -2.15. The molecule has 112 valence electrons. The van der Waals surface area contributed by atoms with E-state index in [1.807, 2.05) is 11.0 Å². The molecule has 0 saturated carbocycles. The molecule has 1 aliphatic rings. The molecule has 1 aliphatic heterocycles. The Morgan fingerprint density at radius 1 is 1.43 bits per heavy atom. The van der Waals surface area contributed by atoms with Crippen LogP contribution < -0.4 is 4.90 Å². The van der Waals surface area contributed by atoms with Crippen molar-refractivity contribution in [3.63, 3.8) is 0 Å². The number of aliphatic hydroxyl groups excluding tert-OH is 1. The van der Waals surface area contributed by atoms with Gasteiger partial charge in [0.25, 0.3) is 0 Å². The molecule has 7 nitrogen and oxygen atoms in total. The lowest BCUT2D eigenvalue weighted by Gasteiger charge is -2.35. The monoisotopic (exact) mass is 290 g/mol. The van der Waals surface area contributed by atoms with E-state index in [-0.39, 0.29) is 23.4 Å². The highest BCUT2D eigenvalue weighted by molar-refractivity contribution is 5.64. The molecular weight excluding hydrogens is 272 g/mol. The molecule has 1 fully saturated rings. The van der Waals surface area contributed by atoms with Gasteiger partial charge in [-0.1, -0.05) is 6.07 Å². The van der Waals surface area contributed by atoms with Crippen molar-refractivity contribution in [3.05, 3.63) is 34.5 Å². The van der Waals surface area contributed by atoms with Crippen molar-refractivity contribution in [1.82, 2.24) is 9.38 Å². The van der Waals surface area contributed by atoms with E-state index in [1.165, 1.54) is 4.40 Å². The summed E-state index contributed by atoms with van der Waals surface area (Å²) >= 11 is 0. The van der Waals surface area contributed by atoms with Gasteiger partial charge in [-0.15, -0.1) is 0 Å². The number of piperidine rings is 1. The summed E-state index contributed by atoms with van der Waals surface area (Å²) in [5.41, 5.74) is 0.576. The predicted octanol–water partition coefficient (Wildman–Crippen LogP) is 1.98. The second-order valence-electron chi connectivity index (χ2n) is 5.30. The van der Waals surface area contributed by atoms with Crippen molar-refractivity contribution in [2.45, 2.75) is 31.7 Å². The highest BCUT2D eigenvalue weighted by Gasteiger charge is 2.32. The quantitative estimate of drug-likeness (QED) is 0.687. The maximum Gasteiger partial charge on any atom is 0.372 e. The fourth-order valence-electron chi connectivity index (χ4n) is 3.06. The highest BCUT2D eigenvalue weighted by Crippen LogP contribution is 2.33. The summed E-state index contributed by atoms with van der Waals surface area (Å²) in [6, 6.07) is 5.46. The number of hydrogen-bond donors (Lipinski definition) is 1. The van der Waals surface area contributed by atoms with Gasteiger partial charge in [-0.3, -0.25) is 0 Å². The van der Waals surface area contributed by atoms with Gasteiger partial charge in [0.15, 0.2) is 0 Å². The number of hydrogen-bond acceptors (Lipinski definition) is 5. The smallest absolute Gasteiger partial charge is 0.372 e. The average Bonchev–Trinajstić information content (AvgIpc) is 2.87. The first-order chi connectivity index (χ1) is 10.2. The zero-order valence-corrected chi connectivity index (χ0v) is 11.7. The van der Waals surface area contributed by atoms with E-state index in [0.29, 0.717) is 17.9 Å². The average molecular weight is 290 g/mol. The minimum absolute atomic E-state index is 0.00967. The number of aromatic nitrogens is 2. The van der Waals surface area contributed by atoms with E-state index in [9.17, 15) is 15.2 Å². The molecule has 1 unspecified atom stereocenters. The standard InChI is InChI=1S/C14H18N4O3/c19-10-7-11-5-1-3-8-16(11)13-14(18(20)21)17-9-4-2-6-12(17)15-13/h2,4,6,9,11,19H,1,3,5,7-8,10H2. The molecule has 1 atom stereocenters. The molecule has 3 rings (SSSR count). The van der Waals surface area contributed by atoms with Crippen LogP contribution >= 0.6 is 0 Å². The van der Waals surface area contributed by atoms with E-state index in [0.717, 1.165) is 25.8 Å². The summed E-state index contributed by atoms with van der Waals surface area (Å²) < 4.78 is 1.51. The molecule has 0 spiro atoms. The third kappa shape index (κ3) is 2.44. The summed E-state index contributed by atoms with van der Waals surface area (Å²) in [7, 11) is 0. The number of pyridine rings is 1. The zero-order chi connectivity index (χ0) is 14.8. The van der Waals surface area contributed by atoms with Crippen LogP contribution in [-0.2, 0) is 0 Å². The first kappa shape index (κ1) is 13.8. The number of rotatable bonds is 4. The van der Waals surface area contributed by atoms with Gasteiger partial charge in [0, 0.05) is 25.3 Å². The number of aliphatic hydroxyl groups is 1.